The van der Waals surface area contributed by atoms with Gasteiger partial charge in [-0.3, -0.25) is 4.79 Å². The summed E-state index contributed by atoms with van der Waals surface area (Å²) >= 11 is 0. The van der Waals surface area contributed by atoms with Gasteiger partial charge in [0, 0.05) is 11.1 Å². The highest BCUT2D eigenvalue weighted by Crippen LogP contribution is 2.29. The summed E-state index contributed by atoms with van der Waals surface area (Å²) in [5, 5.41) is 8.69. The summed E-state index contributed by atoms with van der Waals surface area (Å²) < 4.78 is 10.5. The molecule has 0 bridgehead atoms. The smallest absolute Gasteiger partial charge is 0.338 e. The number of hydrogen-bond acceptors (Lipinski definition) is 5. The molecule has 0 saturated carbocycles. The van der Waals surface area contributed by atoms with Gasteiger partial charge in [0.1, 0.15) is 19.0 Å². The molecule has 5 nitrogen and oxygen atoms in total. The summed E-state index contributed by atoms with van der Waals surface area (Å²) in [7, 11) is 0. The molecule has 0 aromatic heterocycles. The van der Waals surface area contributed by atoms with E-state index in [2.05, 4.69) is 0 Å². The summed E-state index contributed by atoms with van der Waals surface area (Å²) in [5.74, 6) is -0.318. The molecule has 0 unspecified atom stereocenters. The minimum absolute atomic E-state index is 0.0802. The number of ketones is 1. The summed E-state index contributed by atoms with van der Waals surface area (Å²) in [5.41, 5.74) is 1.97. The van der Waals surface area contributed by atoms with Gasteiger partial charge in [-0.15, -0.1) is 0 Å². The molecule has 2 aromatic rings. The van der Waals surface area contributed by atoms with Crippen molar-refractivity contribution in [2.24, 2.45) is 0 Å². The van der Waals surface area contributed by atoms with Gasteiger partial charge in [-0.05, 0) is 18.2 Å². The number of aliphatic hydroxyl groups is 1. The molecule has 1 heterocycles. The highest BCUT2D eigenvalue weighted by atomic mass is 16.5. The van der Waals surface area contributed by atoms with E-state index in [-0.39, 0.29) is 24.6 Å². The van der Waals surface area contributed by atoms with Crippen molar-refractivity contribution in [1.29, 1.82) is 0 Å². The fraction of sp³-hybridized carbons (Fsp3) is 0.176. The van der Waals surface area contributed by atoms with Gasteiger partial charge in [0.15, 0.2) is 5.78 Å². The molecule has 1 aliphatic rings. The van der Waals surface area contributed by atoms with Crippen LogP contribution in [0.3, 0.4) is 0 Å². The number of ether oxygens (including phenoxy) is 2. The molecule has 5 heteroatoms. The quantitative estimate of drug-likeness (QED) is 0.877. The molecule has 2 aromatic carbocycles. The molecule has 0 amide bonds. The molecular weight excluding hydrogens is 284 g/mol. The second kappa shape index (κ2) is 5.99. The first-order valence-corrected chi connectivity index (χ1v) is 6.88. The van der Waals surface area contributed by atoms with Crippen LogP contribution in [-0.4, -0.2) is 30.1 Å². The fourth-order valence-electron chi connectivity index (χ4n) is 2.35. The molecule has 0 atom stereocenters. The van der Waals surface area contributed by atoms with Gasteiger partial charge < -0.3 is 14.6 Å². The third-order valence-electron chi connectivity index (χ3n) is 3.43. The summed E-state index contributed by atoms with van der Waals surface area (Å²) in [6.45, 7) is -0.0154. The number of carbonyl (C=O) groups excluding carboxylic acids is 2. The lowest BCUT2D eigenvalue weighted by molar-refractivity contribution is 0.0433. The van der Waals surface area contributed by atoms with Crippen LogP contribution in [-0.2, 0) is 11.3 Å². The van der Waals surface area contributed by atoms with Crippen molar-refractivity contribution >= 4 is 11.8 Å². The molecule has 0 fully saturated rings. The van der Waals surface area contributed by atoms with Gasteiger partial charge in [0.25, 0.3) is 0 Å². The number of hydrogen-bond donors (Lipinski definition) is 1. The van der Waals surface area contributed by atoms with E-state index in [1.807, 2.05) is 12.1 Å². The maximum absolute atomic E-state index is 12.6. The molecule has 0 spiro atoms. The zero-order chi connectivity index (χ0) is 15.5. The summed E-state index contributed by atoms with van der Waals surface area (Å²) in [6, 6.07) is 11.8. The minimum Gasteiger partial charge on any atom is -0.488 e. The predicted molar refractivity (Wildman–Crippen MR) is 78.0 cm³/mol. The standard InChI is InChI=1S/C17H14O5/c18-7-8-21-17(20)11-5-6-15-14(9-11)16(19)13-4-2-1-3-12(13)10-22-15/h1-6,9,18H,7-8,10H2. The Kier molecular flexibility index (Phi) is 3.89. The number of aliphatic hydroxyl groups excluding tert-OH is 1. The first-order valence-electron chi connectivity index (χ1n) is 6.88. The highest BCUT2D eigenvalue weighted by Gasteiger charge is 2.23. The van der Waals surface area contributed by atoms with Crippen LogP contribution in [0.25, 0.3) is 0 Å². The van der Waals surface area contributed by atoms with Gasteiger partial charge in [-0.1, -0.05) is 24.3 Å². The average Bonchev–Trinajstić information content (AvgIpc) is 2.70. The lowest BCUT2D eigenvalue weighted by atomic mass is 9.98. The SMILES string of the molecule is O=C(OCCO)c1ccc2c(c1)C(=O)c1ccccc1CO2. The van der Waals surface area contributed by atoms with Gasteiger partial charge in [-0.25, -0.2) is 4.79 Å². The molecule has 1 aliphatic heterocycles. The second-order valence-electron chi connectivity index (χ2n) is 4.85. The maximum atomic E-state index is 12.6. The van der Waals surface area contributed by atoms with Gasteiger partial charge in [0.05, 0.1) is 17.7 Å². The van der Waals surface area contributed by atoms with Crippen LogP contribution in [0.2, 0.25) is 0 Å². The lowest BCUT2D eigenvalue weighted by Gasteiger charge is -2.08. The summed E-state index contributed by atoms with van der Waals surface area (Å²) in [6.07, 6.45) is 0. The monoisotopic (exact) mass is 298 g/mol. The van der Waals surface area contributed by atoms with Crippen LogP contribution in [0.4, 0.5) is 0 Å². The summed E-state index contributed by atoms with van der Waals surface area (Å²) in [4.78, 5) is 24.5. The van der Waals surface area contributed by atoms with Crippen molar-refractivity contribution in [1.82, 2.24) is 0 Å². The van der Waals surface area contributed by atoms with E-state index in [0.29, 0.717) is 23.5 Å². The Morgan fingerprint density at radius 2 is 2.00 bits per heavy atom. The van der Waals surface area contributed by atoms with Crippen molar-refractivity contribution in [3.63, 3.8) is 0 Å². The minimum atomic E-state index is -0.581. The zero-order valence-electron chi connectivity index (χ0n) is 11.7. The topological polar surface area (TPSA) is 72.8 Å². The zero-order valence-corrected chi connectivity index (χ0v) is 11.7. The Labute approximate surface area is 127 Å². The number of rotatable bonds is 3. The van der Waals surface area contributed by atoms with Gasteiger partial charge in [0.2, 0.25) is 0 Å². The van der Waals surface area contributed by atoms with Crippen molar-refractivity contribution in [2.45, 2.75) is 6.61 Å². The average molecular weight is 298 g/mol. The molecule has 0 aliphatic carbocycles. The van der Waals surface area contributed by atoms with Crippen molar-refractivity contribution in [3.8, 4) is 5.75 Å². The Morgan fingerprint density at radius 3 is 2.82 bits per heavy atom. The Hall–Kier alpha value is -2.66. The van der Waals surface area contributed by atoms with E-state index < -0.39 is 5.97 Å². The number of carbonyl (C=O) groups is 2. The van der Waals surface area contributed by atoms with Crippen LogP contribution in [0.15, 0.2) is 42.5 Å². The third kappa shape index (κ3) is 2.58. The number of fused-ring (bicyclic) bond motifs is 2. The molecule has 0 saturated heterocycles. The Bertz CT molecular complexity index is 736. The second-order valence-corrected chi connectivity index (χ2v) is 4.85. The third-order valence-corrected chi connectivity index (χ3v) is 3.43. The normalized spacial score (nSPS) is 12.7. The molecule has 0 radical (unpaired) electrons. The first-order chi connectivity index (χ1) is 10.7. The van der Waals surface area contributed by atoms with Crippen LogP contribution in [0.5, 0.6) is 5.75 Å². The molecule has 1 N–H and O–H groups in total. The fourth-order valence-corrected chi connectivity index (χ4v) is 2.35. The predicted octanol–water partition coefficient (Wildman–Crippen LogP) is 1.96. The molecular formula is C17H14O5. The van der Waals surface area contributed by atoms with Crippen molar-refractivity contribution in [3.05, 3.63) is 64.7 Å². The van der Waals surface area contributed by atoms with Crippen LogP contribution >= 0.6 is 0 Å². The van der Waals surface area contributed by atoms with Crippen molar-refractivity contribution in [2.75, 3.05) is 13.2 Å². The van der Waals surface area contributed by atoms with Gasteiger partial charge in [-0.2, -0.15) is 0 Å². The largest absolute Gasteiger partial charge is 0.488 e. The van der Waals surface area contributed by atoms with E-state index in [0.717, 1.165) is 5.56 Å². The van der Waals surface area contributed by atoms with Crippen molar-refractivity contribution < 1.29 is 24.2 Å². The van der Waals surface area contributed by atoms with E-state index >= 15 is 0 Å². The maximum Gasteiger partial charge on any atom is 0.338 e. The number of esters is 1. The molecule has 22 heavy (non-hydrogen) atoms. The first kappa shape index (κ1) is 14.3. The van der Waals surface area contributed by atoms with E-state index in [1.54, 1.807) is 24.3 Å². The highest BCUT2D eigenvalue weighted by molar-refractivity contribution is 6.12. The molecule has 3 rings (SSSR count). The Balaban J connectivity index is 1.99. The van der Waals surface area contributed by atoms with E-state index in [4.69, 9.17) is 14.6 Å². The van der Waals surface area contributed by atoms with Crippen LogP contribution < -0.4 is 4.74 Å². The van der Waals surface area contributed by atoms with Crippen LogP contribution in [0, 0.1) is 0 Å². The Morgan fingerprint density at radius 1 is 1.18 bits per heavy atom. The number of benzene rings is 2. The lowest BCUT2D eigenvalue weighted by Crippen LogP contribution is -2.10. The van der Waals surface area contributed by atoms with E-state index in [9.17, 15) is 9.59 Å². The van der Waals surface area contributed by atoms with E-state index in [1.165, 1.54) is 6.07 Å². The van der Waals surface area contributed by atoms with Gasteiger partial charge >= 0.3 is 5.97 Å². The van der Waals surface area contributed by atoms with Crippen LogP contribution in [0.1, 0.15) is 31.8 Å². The molecule has 112 valence electrons.